The third-order valence-corrected chi connectivity index (χ3v) is 5.09. The Morgan fingerprint density at radius 1 is 0.793 bits per heavy atom. The summed E-state index contributed by atoms with van der Waals surface area (Å²) in [5.74, 6) is -1.71. The number of hydrogen-bond acceptors (Lipinski definition) is 3. The third-order valence-electron chi connectivity index (χ3n) is 5.09. The Balaban J connectivity index is 1.58. The predicted octanol–water partition coefficient (Wildman–Crippen LogP) is 4.09. The van der Waals surface area contributed by atoms with Crippen molar-refractivity contribution in [2.45, 2.75) is 38.1 Å². The summed E-state index contributed by atoms with van der Waals surface area (Å²) in [7, 11) is 0. The predicted molar refractivity (Wildman–Crippen MR) is 111 cm³/mol. The highest BCUT2D eigenvalue weighted by molar-refractivity contribution is 6.00. The zero-order valence-corrected chi connectivity index (χ0v) is 16.1. The Morgan fingerprint density at radius 2 is 1.41 bits per heavy atom. The second kappa shape index (κ2) is 9.73. The van der Waals surface area contributed by atoms with Crippen molar-refractivity contribution >= 4 is 29.3 Å². The molecule has 2 aromatic carbocycles. The van der Waals surface area contributed by atoms with Crippen LogP contribution in [0, 0.1) is 5.92 Å². The summed E-state index contributed by atoms with van der Waals surface area (Å²) in [6, 6.07) is 14.8. The van der Waals surface area contributed by atoms with Crippen LogP contribution in [0.25, 0.3) is 0 Å². The Kier molecular flexibility index (Phi) is 6.84. The second-order valence-electron chi connectivity index (χ2n) is 7.19. The fourth-order valence-corrected chi connectivity index (χ4v) is 3.55. The van der Waals surface area contributed by atoms with Crippen molar-refractivity contribution < 1.29 is 19.5 Å². The highest BCUT2D eigenvalue weighted by atomic mass is 16.4. The molecule has 0 spiro atoms. The van der Waals surface area contributed by atoms with Crippen molar-refractivity contribution in [2.24, 2.45) is 5.92 Å². The van der Waals surface area contributed by atoms with E-state index in [0.717, 1.165) is 19.3 Å². The monoisotopic (exact) mass is 395 g/mol. The number of carboxylic acids is 1. The molecule has 4 N–H and O–H groups in total. The summed E-state index contributed by atoms with van der Waals surface area (Å²) >= 11 is 0. The van der Waals surface area contributed by atoms with Crippen molar-refractivity contribution in [1.29, 1.82) is 0 Å². The molecule has 0 radical (unpaired) electrons. The summed E-state index contributed by atoms with van der Waals surface area (Å²) < 4.78 is 0. The molecule has 0 bridgehead atoms. The van der Waals surface area contributed by atoms with E-state index in [9.17, 15) is 19.5 Å². The van der Waals surface area contributed by atoms with Gasteiger partial charge in [-0.05, 0) is 49.2 Å². The van der Waals surface area contributed by atoms with Crippen molar-refractivity contribution in [2.75, 3.05) is 10.6 Å². The van der Waals surface area contributed by atoms with Gasteiger partial charge in [-0.2, -0.15) is 0 Å². The molecular weight excluding hydrogens is 370 g/mol. The van der Waals surface area contributed by atoms with Crippen molar-refractivity contribution in [1.82, 2.24) is 5.32 Å². The Bertz CT molecular complexity index is 852. The molecule has 2 aromatic rings. The first-order chi connectivity index (χ1) is 14.0. The van der Waals surface area contributed by atoms with Crippen LogP contribution in [0.3, 0.4) is 0 Å². The van der Waals surface area contributed by atoms with Gasteiger partial charge in [-0.3, -0.25) is 9.59 Å². The van der Waals surface area contributed by atoms with Gasteiger partial charge in [0.25, 0.3) is 5.91 Å². The van der Waals surface area contributed by atoms with Crippen LogP contribution in [0.15, 0.2) is 54.6 Å². The summed E-state index contributed by atoms with van der Waals surface area (Å²) in [5, 5.41) is 17.8. The SMILES string of the molecule is O=C(Nc1ccccc1)Nc1ccc(C(=O)N[C@H]2CCCCC[C@H]2C(=O)O)cc1. The Hall–Kier alpha value is -3.35. The number of aliphatic carboxylic acids is 1. The maximum Gasteiger partial charge on any atom is 0.323 e. The molecule has 152 valence electrons. The first kappa shape index (κ1) is 20.4. The fraction of sp³-hybridized carbons (Fsp3) is 0.318. The highest BCUT2D eigenvalue weighted by Crippen LogP contribution is 2.24. The molecule has 0 saturated heterocycles. The van der Waals surface area contributed by atoms with Gasteiger partial charge in [-0.1, -0.05) is 37.5 Å². The number of urea groups is 1. The number of carbonyl (C=O) groups is 3. The van der Waals surface area contributed by atoms with Crippen LogP contribution >= 0.6 is 0 Å². The maximum atomic E-state index is 12.6. The number of para-hydroxylation sites is 1. The van der Waals surface area contributed by atoms with Crippen LogP contribution in [-0.2, 0) is 4.79 Å². The molecule has 1 aliphatic rings. The van der Waals surface area contributed by atoms with Gasteiger partial charge in [0.2, 0.25) is 0 Å². The van der Waals surface area contributed by atoms with Crippen LogP contribution in [-0.4, -0.2) is 29.1 Å². The molecule has 1 saturated carbocycles. The smallest absolute Gasteiger partial charge is 0.323 e. The summed E-state index contributed by atoms with van der Waals surface area (Å²) in [6.07, 6.45) is 4.02. The van der Waals surface area contributed by atoms with E-state index in [1.807, 2.05) is 18.2 Å². The molecule has 7 nitrogen and oxygen atoms in total. The van der Waals surface area contributed by atoms with E-state index in [0.29, 0.717) is 29.8 Å². The van der Waals surface area contributed by atoms with E-state index in [-0.39, 0.29) is 18.0 Å². The lowest BCUT2D eigenvalue weighted by atomic mass is 9.94. The molecule has 2 atom stereocenters. The molecule has 0 aliphatic heterocycles. The molecule has 1 fully saturated rings. The van der Waals surface area contributed by atoms with Gasteiger partial charge in [-0.25, -0.2) is 4.79 Å². The van der Waals surface area contributed by atoms with Crippen molar-refractivity contribution in [3.63, 3.8) is 0 Å². The second-order valence-corrected chi connectivity index (χ2v) is 7.19. The van der Waals surface area contributed by atoms with Crippen LogP contribution in [0.4, 0.5) is 16.2 Å². The van der Waals surface area contributed by atoms with Gasteiger partial charge in [0.05, 0.1) is 5.92 Å². The average Bonchev–Trinajstić information content (AvgIpc) is 2.94. The number of benzene rings is 2. The summed E-state index contributed by atoms with van der Waals surface area (Å²) in [5.41, 5.74) is 1.65. The van der Waals surface area contributed by atoms with Gasteiger partial charge in [0.15, 0.2) is 0 Å². The number of hydrogen-bond donors (Lipinski definition) is 4. The van der Waals surface area contributed by atoms with Crippen LogP contribution in [0.5, 0.6) is 0 Å². The number of carboxylic acid groups (broad SMARTS) is 1. The van der Waals surface area contributed by atoms with E-state index in [1.165, 1.54) is 0 Å². The summed E-state index contributed by atoms with van der Waals surface area (Å²) in [6.45, 7) is 0. The van der Waals surface area contributed by atoms with E-state index in [4.69, 9.17) is 0 Å². The van der Waals surface area contributed by atoms with E-state index < -0.39 is 11.9 Å². The molecule has 0 heterocycles. The zero-order valence-electron chi connectivity index (χ0n) is 16.1. The summed E-state index contributed by atoms with van der Waals surface area (Å²) in [4.78, 5) is 36.1. The quantitative estimate of drug-likeness (QED) is 0.572. The Morgan fingerprint density at radius 3 is 2.07 bits per heavy atom. The number of amides is 3. The van der Waals surface area contributed by atoms with Gasteiger partial charge >= 0.3 is 12.0 Å². The largest absolute Gasteiger partial charge is 0.481 e. The normalized spacial score (nSPS) is 18.9. The lowest BCUT2D eigenvalue weighted by Gasteiger charge is -2.23. The average molecular weight is 395 g/mol. The minimum atomic E-state index is -0.860. The standard InChI is InChI=1S/C22H25N3O4/c26-20(25-19-10-6-2-5-9-18(19)21(27)28)15-11-13-17(14-12-15)24-22(29)23-16-7-3-1-4-8-16/h1,3-4,7-8,11-14,18-19H,2,5-6,9-10H2,(H,25,26)(H,27,28)(H2,23,24,29)/t18-,19+/m1/s1. The van der Waals surface area contributed by atoms with Crippen LogP contribution < -0.4 is 16.0 Å². The molecule has 0 aromatic heterocycles. The van der Waals surface area contributed by atoms with E-state index in [1.54, 1.807) is 36.4 Å². The number of anilines is 2. The number of nitrogens with one attached hydrogen (secondary N) is 3. The molecule has 7 heteroatoms. The minimum Gasteiger partial charge on any atom is -0.481 e. The van der Waals surface area contributed by atoms with Gasteiger partial charge in [-0.15, -0.1) is 0 Å². The topological polar surface area (TPSA) is 108 Å². The Labute approximate surface area is 169 Å². The fourth-order valence-electron chi connectivity index (χ4n) is 3.55. The zero-order chi connectivity index (χ0) is 20.6. The molecule has 29 heavy (non-hydrogen) atoms. The maximum absolute atomic E-state index is 12.6. The first-order valence-corrected chi connectivity index (χ1v) is 9.80. The molecule has 3 rings (SSSR count). The van der Waals surface area contributed by atoms with Gasteiger partial charge in [0, 0.05) is 23.0 Å². The van der Waals surface area contributed by atoms with E-state index >= 15 is 0 Å². The highest BCUT2D eigenvalue weighted by Gasteiger charge is 2.30. The number of carbonyl (C=O) groups excluding carboxylic acids is 2. The van der Waals surface area contributed by atoms with Crippen molar-refractivity contribution in [3.8, 4) is 0 Å². The van der Waals surface area contributed by atoms with Crippen molar-refractivity contribution in [3.05, 3.63) is 60.2 Å². The van der Waals surface area contributed by atoms with Crippen LogP contribution in [0.1, 0.15) is 42.5 Å². The molecule has 3 amide bonds. The van der Waals surface area contributed by atoms with E-state index in [2.05, 4.69) is 16.0 Å². The number of rotatable bonds is 5. The lowest BCUT2D eigenvalue weighted by Crippen LogP contribution is -2.42. The van der Waals surface area contributed by atoms with Gasteiger partial charge in [0.1, 0.15) is 0 Å². The first-order valence-electron chi connectivity index (χ1n) is 9.80. The lowest BCUT2D eigenvalue weighted by molar-refractivity contribution is -0.142. The minimum absolute atomic E-state index is 0.302. The molecule has 0 unspecified atom stereocenters. The van der Waals surface area contributed by atoms with Crippen LogP contribution in [0.2, 0.25) is 0 Å². The molecular formula is C22H25N3O4. The van der Waals surface area contributed by atoms with Gasteiger partial charge < -0.3 is 21.1 Å². The molecule has 1 aliphatic carbocycles. The third kappa shape index (κ3) is 5.81.